The lowest BCUT2D eigenvalue weighted by Gasteiger charge is -2.24. The van der Waals surface area contributed by atoms with Crippen LogP contribution in [-0.4, -0.2) is 75.6 Å². The standard InChI is InChI=1S/C54H106NO7P/c1-6-8-10-12-14-16-18-20-22-24-25-26-27-28-29-30-31-32-33-35-37-39-41-43-45-47-54(56)62-53(52-61-63(57,58)60-50-48-55(3,4)5)51-59-49-46-44-42-40-38-36-34-23-21-19-17-15-13-11-9-7-2/h18,20,24-25,53H,6-17,19,21-23,26-52H2,1-5H3/p+1/b20-18-,25-24-. The van der Waals surface area contributed by atoms with Crippen LogP contribution in [0.2, 0.25) is 0 Å². The van der Waals surface area contributed by atoms with Crippen LogP contribution in [-0.2, 0) is 27.9 Å². The number of phosphoric acid groups is 1. The molecule has 0 heterocycles. The van der Waals surface area contributed by atoms with E-state index < -0.39 is 13.9 Å². The molecule has 0 saturated heterocycles. The number of allylic oxidation sites excluding steroid dienone is 4. The number of carbonyl (C=O) groups is 1. The topological polar surface area (TPSA) is 91.3 Å². The Bertz CT molecular complexity index is 1060. The van der Waals surface area contributed by atoms with Crippen LogP contribution in [0.15, 0.2) is 24.3 Å². The monoisotopic (exact) mass is 913 g/mol. The molecule has 0 aromatic carbocycles. The first-order chi connectivity index (χ1) is 30.6. The molecule has 0 rings (SSSR count). The van der Waals surface area contributed by atoms with E-state index in [1.807, 2.05) is 21.1 Å². The zero-order valence-electron chi connectivity index (χ0n) is 42.6. The molecule has 0 spiro atoms. The van der Waals surface area contributed by atoms with Crippen LogP contribution in [0.5, 0.6) is 0 Å². The van der Waals surface area contributed by atoms with Gasteiger partial charge in [0.2, 0.25) is 0 Å². The number of nitrogens with zero attached hydrogens (tertiary/aromatic N) is 1. The van der Waals surface area contributed by atoms with Crippen LogP contribution >= 0.6 is 7.82 Å². The summed E-state index contributed by atoms with van der Waals surface area (Å²) in [7, 11) is 1.68. The molecule has 0 bridgehead atoms. The molecular formula is C54H107NO7P+. The third-order valence-corrected chi connectivity index (χ3v) is 13.0. The maximum Gasteiger partial charge on any atom is 0.472 e. The Balaban J connectivity index is 4.05. The summed E-state index contributed by atoms with van der Waals surface area (Å²) >= 11 is 0. The van der Waals surface area contributed by atoms with E-state index in [1.54, 1.807) is 0 Å². The minimum absolute atomic E-state index is 0.0913. The van der Waals surface area contributed by atoms with Crippen molar-refractivity contribution < 1.29 is 37.3 Å². The largest absolute Gasteiger partial charge is 0.472 e. The molecule has 0 aliphatic carbocycles. The van der Waals surface area contributed by atoms with Gasteiger partial charge in [-0.2, -0.15) is 0 Å². The summed E-state index contributed by atoms with van der Waals surface area (Å²) < 4.78 is 35.2. The maximum absolute atomic E-state index is 12.8. The maximum atomic E-state index is 12.8. The smallest absolute Gasteiger partial charge is 0.457 e. The van der Waals surface area contributed by atoms with E-state index in [0.717, 1.165) is 38.5 Å². The van der Waals surface area contributed by atoms with Crippen LogP contribution in [0.3, 0.4) is 0 Å². The summed E-state index contributed by atoms with van der Waals surface area (Å²) in [6.07, 6.45) is 56.5. The predicted octanol–water partition coefficient (Wildman–Crippen LogP) is 16.7. The molecule has 0 aromatic heterocycles. The molecule has 0 aliphatic rings. The number of unbranched alkanes of at least 4 members (excludes halogenated alkanes) is 33. The number of quaternary nitrogens is 1. The Morgan fingerprint density at radius 1 is 0.492 bits per heavy atom. The number of phosphoric ester groups is 1. The zero-order chi connectivity index (χ0) is 46.2. The minimum Gasteiger partial charge on any atom is -0.457 e. The average Bonchev–Trinajstić information content (AvgIpc) is 3.24. The summed E-state index contributed by atoms with van der Waals surface area (Å²) in [5.74, 6) is -0.309. The van der Waals surface area contributed by atoms with Gasteiger partial charge in [-0.3, -0.25) is 13.8 Å². The van der Waals surface area contributed by atoms with Gasteiger partial charge in [-0.25, -0.2) is 4.57 Å². The molecule has 0 aliphatic heterocycles. The lowest BCUT2D eigenvalue weighted by molar-refractivity contribution is -0.870. The molecule has 0 aromatic rings. The summed E-state index contributed by atoms with van der Waals surface area (Å²) in [6.45, 7) is 5.67. The fraction of sp³-hybridized carbons (Fsp3) is 0.907. The molecule has 1 N–H and O–H groups in total. The van der Waals surface area contributed by atoms with Crippen molar-refractivity contribution in [2.75, 3.05) is 54.1 Å². The van der Waals surface area contributed by atoms with Gasteiger partial charge in [0, 0.05) is 13.0 Å². The van der Waals surface area contributed by atoms with Gasteiger partial charge in [0.15, 0.2) is 0 Å². The molecule has 374 valence electrons. The predicted molar refractivity (Wildman–Crippen MR) is 270 cm³/mol. The summed E-state index contributed by atoms with van der Waals surface area (Å²) in [5, 5.41) is 0. The van der Waals surface area contributed by atoms with Crippen molar-refractivity contribution in [2.24, 2.45) is 0 Å². The van der Waals surface area contributed by atoms with Crippen molar-refractivity contribution in [2.45, 2.75) is 264 Å². The van der Waals surface area contributed by atoms with Crippen molar-refractivity contribution in [3.63, 3.8) is 0 Å². The van der Waals surface area contributed by atoms with Gasteiger partial charge in [-0.15, -0.1) is 0 Å². The van der Waals surface area contributed by atoms with Crippen LogP contribution < -0.4 is 0 Å². The molecule has 8 nitrogen and oxygen atoms in total. The third-order valence-electron chi connectivity index (χ3n) is 12.0. The minimum atomic E-state index is -4.28. The molecular weight excluding hydrogens is 806 g/mol. The van der Waals surface area contributed by atoms with Crippen molar-refractivity contribution in [1.82, 2.24) is 0 Å². The lowest BCUT2D eigenvalue weighted by Crippen LogP contribution is -2.37. The van der Waals surface area contributed by atoms with Gasteiger partial charge in [-0.1, -0.05) is 231 Å². The fourth-order valence-corrected chi connectivity index (χ4v) is 8.56. The molecule has 2 atom stereocenters. The Hall–Kier alpha value is -1.02. The fourth-order valence-electron chi connectivity index (χ4n) is 7.82. The van der Waals surface area contributed by atoms with Crippen molar-refractivity contribution >= 4 is 13.8 Å². The van der Waals surface area contributed by atoms with Crippen molar-refractivity contribution in [3.05, 3.63) is 24.3 Å². The van der Waals surface area contributed by atoms with Crippen molar-refractivity contribution in [1.29, 1.82) is 0 Å². The second-order valence-corrected chi connectivity index (χ2v) is 21.1. The Kier molecular flexibility index (Phi) is 46.7. The van der Waals surface area contributed by atoms with Gasteiger partial charge in [0.25, 0.3) is 0 Å². The third kappa shape index (κ3) is 51.8. The second-order valence-electron chi connectivity index (χ2n) is 19.6. The number of hydrogen-bond acceptors (Lipinski definition) is 6. The van der Waals surface area contributed by atoms with E-state index in [2.05, 4.69) is 38.2 Å². The normalized spacial score (nSPS) is 13.7. The molecule has 0 saturated carbocycles. The number of carbonyl (C=O) groups excluding carboxylic acids is 1. The molecule has 0 radical (unpaired) electrons. The van der Waals surface area contributed by atoms with Crippen LogP contribution in [0, 0.1) is 0 Å². The number of hydrogen-bond donors (Lipinski definition) is 1. The first-order valence-corrected chi connectivity index (χ1v) is 28.6. The van der Waals surface area contributed by atoms with Crippen LogP contribution in [0.4, 0.5) is 0 Å². The first-order valence-electron chi connectivity index (χ1n) is 27.1. The van der Waals surface area contributed by atoms with Crippen molar-refractivity contribution in [3.8, 4) is 0 Å². The Labute approximate surface area is 392 Å². The quantitative estimate of drug-likeness (QED) is 0.0214. The second kappa shape index (κ2) is 47.5. The van der Waals surface area contributed by atoms with Gasteiger partial charge in [0.05, 0.1) is 34.4 Å². The molecule has 0 fully saturated rings. The summed E-state index contributed by atoms with van der Waals surface area (Å²) in [4.78, 5) is 23.0. The van der Waals surface area contributed by atoms with Crippen LogP contribution in [0.1, 0.15) is 258 Å². The highest BCUT2D eigenvalue weighted by Crippen LogP contribution is 2.43. The first kappa shape index (κ1) is 62.0. The number of esters is 1. The highest BCUT2D eigenvalue weighted by Gasteiger charge is 2.26. The Morgan fingerprint density at radius 2 is 0.873 bits per heavy atom. The summed E-state index contributed by atoms with van der Waals surface area (Å²) in [5.41, 5.74) is 0. The Morgan fingerprint density at radius 3 is 1.29 bits per heavy atom. The number of ether oxygens (including phenoxy) is 2. The average molecular weight is 913 g/mol. The molecule has 9 heteroatoms. The highest BCUT2D eigenvalue weighted by molar-refractivity contribution is 7.47. The van der Waals surface area contributed by atoms with Gasteiger partial charge >= 0.3 is 13.8 Å². The van der Waals surface area contributed by atoms with E-state index in [9.17, 15) is 14.3 Å². The van der Waals surface area contributed by atoms with E-state index in [1.165, 1.54) is 199 Å². The van der Waals surface area contributed by atoms with Crippen LogP contribution in [0.25, 0.3) is 0 Å². The lowest BCUT2D eigenvalue weighted by atomic mass is 10.0. The van der Waals surface area contributed by atoms with E-state index in [0.29, 0.717) is 24.1 Å². The molecule has 0 amide bonds. The number of likely N-dealkylation sites (N-methyl/N-ethyl adjacent to an activating group) is 1. The van der Waals surface area contributed by atoms with Gasteiger partial charge in [-0.05, 0) is 44.9 Å². The molecule has 2 unspecified atom stereocenters. The van der Waals surface area contributed by atoms with E-state index in [4.69, 9.17) is 18.5 Å². The number of rotatable bonds is 51. The zero-order valence-corrected chi connectivity index (χ0v) is 43.5. The van der Waals surface area contributed by atoms with E-state index >= 15 is 0 Å². The highest BCUT2D eigenvalue weighted by atomic mass is 31.2. The van der Waals surface area contributed by atoms with Gasteiger partial charge < -0.3 is 18.9 Å². The van der Waals surface area contributed by atoms with E-state index in [-0.39, 0.29) is 25.8 Å². The van der Waals surface area contributed by atoms with Gasteiger partial charge in [0.1, 0.15) is 19.3 Å². The summed E-state index contributed by atoms with van der Waals surface area (Å²) in [6, 6.07) is 0. The SMILES string of the molecule is CCCCCCC/C=C\C/C=C\CCCCCCCCCCCCCCCC(=O)OC(COCCCCCCCCCCCCCCCCCC)COP(=O)(O)OCC[N+](C)(C)C. The molecule has 63 heavy (non-hydrogen) atoms.